The lowest BCUT2D eigenvalue weighted by Gasteiger charge is -2.32. The van der Waals surface area contributed by atoms with Crippen molar-refractivity contribution in [3.8, 4) is 0 Å². The molecule has 0 radical (unpaired) electrons. The summed E-state index contributed by atoms with van der Waals surface area (Å²) in [5.74, 6) is -0.138. The van der Waals surface area contributed by atoms with Crippen molar-refractivity contribution < 1.29 is 19.1 Å². The van der Waals surface area contributed by atoms with Crippen molar-refractivity contribution in [1.82, 2.24) is 15.5 Å². The maximum atomic E-state index is 12.3. The topological polar surface area (TPSA) is 87.7 Å². The number of piperidine rings is 1. The van der Waals surface area contributed by atoms with Crippen molar-refractivity contribution in [2.45, 2.75) is 58.6 Å². The van der Waals surface area contributed by atoms with Gasteiger partial charge in [0.15, 0.2) is 0 Å². The molecule has 1 fully saturated rings. The highest BCUT2D eigenvalue weighted by atomic mass is 16.6. The van der Waals surface area contributed by atoms with E-state index in [0.717, 1.165) is 11.1 Å². The first kappa shape index (κ1) is 21.7. The Balaban J connectivity index is 1.70. The molecule has 0 bridgehead atoms. The average molecular weight is 389 g/mol. The molecule has 28 heavy (non-hydrogen) atoms. The van der Waals surface area contributed by atoms with Gasteiger partial charge in [0.2, 0.25) is 11.8 Å². The lowest BCUT2D eigenvalue weighted by Crippen LogP contribution is -2.49. The van der Waals surface area contributed by atoms with Crippen LogP contribution in [0.2, 0.25) is 0 Å². The Morgan fingerprint density at radius 1 is 1.14 bits per heavy atom. The molecule has 1 aromatic carbocycles. The maximum absolute atomic E-state index is 12.3. The predicted molar refractivity (Wildman–Crippen MR) is 107 cm³/mol. The Morgan fingerprint density at radius 3 is 2.39 bits per heavy atom. The molecule has 2 rings (SSSR count). The summed E-state index contributed by atoms with van der Waals surface area (Å²) in [5.41, 5.74) is 1.54. The van der Waals surface area contributed by atoms with Crippen molar-refractivity contribution in [3.05, 3.63) is 35.4 Å². The summed E-state index contributed by atoms with van der Waals surface area (Å²) in [6.45, 7) is 8.34. The first-order chi connectivity index (χ1) is 13.1. The highest BCUT2D eigenvalue weighted by molar-refractivity contribution is 5.82. The van der Waals surface area contributed by atoms with Crippen molar-refractivity contribution in [2.75, 3.05) is 19.6 Å². The van der Waals surface area contributed by atoms with Gasteiger partial charge in [-0.05, 0) is 51.7 Å². The highest BCUT2D eigenvalue weighted by Gasteiger charge is 2.24. The summed E-state index contributed by atoms with van der Waals surface area (Å²) in [7, 11) is 0. The quantitative estimate of drug-likeness (QED) is 0.808. The number of carbonyl (C=O) groups is 3. The molecule has 1 aliphatic heterocycles. The number of hydrogen-bond donors (Lipinski definition) is 2. The van der Waals surface area contributed by atoms with E-state index in [-0.39, 0.29) is 24.4 Å². The number of ether oxygens (including phenoxy) is 1. The highest BCUT2D eigenvalue weighted by Crippen LogP contribution is 2.12. The van der Waals surface area contributed by atoms with Crippen LogP contribution in [0.3, 0.4) is 0 Å². The van der Waals surface area contributed by atoms with Gasteiger partial charge in [0.1, 0.15) is 12.1 Å². The van der Waals surface area contributed by atoms with E-state index in [2.05, 4.69) is 10.6 Å². The van der Waals surface area contributed by atoms with Gasteiger partial charge in [-0.3, -0.25) is 9.59 Å². The van der Waals surface area contributed by atoms with Crippen molar-refractivity contribution in [1.29, 1.82) is 0 Å². The van der Waals surface area contributed by atoms with Gasteiger partial charge in [-0.1, -0.05) is 24.3 Å². The molecule has 1 aromatic rings. The molecule has 0 saturated carbocycles. The molecule has 0 atom stereocenters. The molecule has 0 aliphatic carbocycles. The second-order valence-corrected chi connectivity index (χ2v) is 8.18. The van der Waals surface area contributed by atoms with Gasteiger partial charge in [-0.25, -0.2) is 4.79 Å². The molecule has 7 nitrogen and oxygen atoms in total. The largest absolute Gasteiger partial charge is 0.444 e. The number of aryl methyl sites for hydroxylation is 1. The smallest absolute Gasteiger partial charge is 0.408 e. The van der Waals surface area contributed by atoms with E-state index in [0.29, 0.717) is 32.4 Å². The van der Waals surface area contributed by atoms with E-state index in [4.69, 9.17) is 4.74 Å². The van der Waals surface area contributed by atoms with Crippen LogP contribution in [-0.2, 0) is 20.7 Å². The van der Waals surface area contributed by atoms with Crippen molar-refractivity contribution in [2.24, 2.45) is 0 Å². The summed E-state index contributed by atoms with van der Waals surface area (Å²) < 4.78 is 5.13. The molecule has 7 heteroatoms. The predicted octanol–water partition coefficient (Wildman–Crippen LogP) is 2.17. The van der Waals surface area contributed by atoms with Crippen LogP contribution in [0.4, 0.5) is 4.79 Å². The summed E-state index contributed by atoms with van der Waals surface area (Å²) in [6.07, 6.45) is 1.18. The third kappa shape index (κ3) is 7.21. The number of benzene rings is 1. The maximum Gasteiger partial charge on any atom is 0.408 e. The van der Waals surface area contributed by atoms with Gasteiger partial charge in [0.25, 0.3) is 0 Å². The molecule has 1 heterocycles. The van der Waals surface area contributed by atoms with Crippen LogP contribution >= 0.6 is 0 Å². The third-order valence-electron chi connectivity index (χ3n) is 4.61. The minimum Gasteiger partial charge on any atom is -0.444 e. The number of nitrogens with one attached hydrogen (secondary N) is 2. The fourth-order valence-corrected chi connectivity index (χ4v) is 3.11. The standard InChI is InChI=1S/C21H31N3O4/c1-15-7-5-6-8-16(15)13-18(25)23-17-9-11-24(12-10-17)19(26)14-22-20(27)28-21(2,3)4/h5-8,17H,9-14H2,1-4H3,(H,22,27)(H,23,25). The number of likely N-dealkylation sites (tertiary alicyclic amines) is 1. The summed E-state index contributed by atoms with van der Waals surface area (Å²) in [4.78, 5) is 37.9. The molecule has 1 saturated heterocycles. The van der Waals surface area contributed by atoms with E-state index in [9.17, 15) is 14.4 Å². The summed E-state index contributed by atoms with van der Waals surface area (Å²) >= 11 is 0. The SMILES string of the molecule is Cc1ccccc1CC(=O)NC1CCN(C(=O)CNC(=O)OC(C)(C)C)CC1. The first-order valence-corrected chi connectivity index (χ1v) is 9.72. The molecule has 0 aromatic heterocycles. The molecular weight excluding hydrogens is 358 g/mol. The normalized spacial score (nSPS) is 15.1. The zero-order valence-electron chi connectivity index (χ0n) is 17.2. The van der Waals surface area contributed by atoms with Crippen LogP contribution < -0.4 is 10.6 Å². The summed E-state index contributed by atoms with van der Waals surface area (Å²) in [6, 6.07) is 7.93. The zero-order chi connectivity index (χ0) is 20.7. The minimum atomic E-state index is -0.598. The number of nitrogens with zero attached hydrogens (tertiary/aromatic N) is 1. The molecule has 0 unspecified atom stereocenters. The van der Waals surface area contributed by atoms with Crippen LogP contribution in [0.5, 0.6) is 0 Å². The molecule has 3 amide bonds. The number of rotatable bonds is 5. The average Bonchev–Trinajstić information content (AvgIpc) is 2.61. The van der Waals surface area contributed by atoms with E-state index in [1.165, 1.54) is 0 Å². The molecule has 1 aliphatic rings. The van der Waals surface area contributed by atoms with Crippen molar-refractivity contribution in [3.63, 3.8) is 0 Å². The molecular formula is C21H31N3O4. The minimum absolute atomic E-state index is 0.00525. The molecule has 154 valence electrons. The van der Waals surface area contributed by atoms with Gasteiger partial charge in [-0.2, -0.15) is 0 Å². The first-order valence-electron chi connectivity index (χ1n) is 9.72. The second-order valence-electron chi connectivity index (χ2n) is 8.18. The Labute approximate surface area is 166 Å². The van der Waals surface area contributed by atoms with E-state index in [1.54, 1.807) is 25.7 Å². The number of carbonyl (C=O) groups excluding carboxylic acids is 3. The van der Waals surface area contributed by atoms with Gasteiger partial charge >= 0.3 is 6.09 Å². The van der Waals surface area contributed by atoms with Crippen LogP contribution in [-0.4, -0.2) is 54.1 Å². The Morgan fingerprint density at radius 2 is 1.79 bits per heavy atom. The van der Waals surface area contributed by atoms with Gasteiger partial charge in [-0.15, -0.1) is 0 Å². The van der Waals surface area contributed by atoms with Gasteiger partial charge in [0, 0.05) is 19.1 Å². The number of amides is 3. The summed E-state index contributed by atoms with van der Waals surface area (Å²) in [5, 5.41) is 5.55. The van der Waals surface area contributed by atoms with Crippen LogP contribution in [0.1, 0.15) is 44.7 Å². The van der Waals surface area contributed by atoms with Crippen LogP contribution in [0.15, 0.2) is 24.3 Å². The van der Waals surface area contributed by atoms with Crippen molar-refractivity contribution >= 4 is 17.9 Å². The fraction of sp³-hybridized carbons (Fsp3) is 0.571. The second kappa shape index (κ2) is 9.57. The Kier molecular flexibility index (Phi) is 7.43. The monoisotopic (exact) mass is 389 g/mol. The van der Waals surface area contributed by atoms with Crippen LogP contribution in [0.25, 0.3) is 0 Å². The third-order valence-corrected chi connectivity index (χ3v) is 4.61. The zero-order valence-corrected chi connectivity index (χ0v) is 17.2. The molecule has 2 N–H and O–H groups in total. The Bertz CT molecular complexity index is 704. The van der Waals surface area contributed by atoms with E-state index >= 15 is 0 Å². The Hall–Kier alpha value is -2.57. The van der Waals surface area contributed by atoms with E-state index in [1.807, 2.05) is 31.2 Å². The van der Waals surface area contributed by atoms with E-state index < -0.39 is 11.7 Å². The lowest BCUT2D eigenvalue weighted by atomic mass is 10.0. The number of alkyl carbamates (subject to hydrolysis) is 1. The van der Waals surface area contributed by atoms with Crippen LogP contribution in [0, 0.1) is 6.92 Å². The van der Waals surface area contributed by atoms with Gasteiger partial charge in [0.05, 0.1) is 6.42 Å². The van der Waals surface area contributed by atoms with Gasteiger partial charge < -0.3 is 20.3 Å². The molecule has 0 spiro atoms. The lowest BCUT2D eigenvalue weighted by molar-refractivity contribution is -0.131. The fourth-order valence-electron chi connectivity index (χ4n) is 3.11. The number of hydrogen-bond acceptors (Lipinski definition) is 4.